The number of nitrogens with one attached hydrogen (secondary N) is 1. The molecule has 0 spiro atoms. The molecule has 0 aromatic rings. The lowest BCUT2D eigenvalue weighted by Gasteiger charge is -2.35. The third-order valence-electron chi connectivity index (χ3n) is 5.18. The van der Waals surface area contributed by atoms with Crippen LogP contribution < -0.4 is 11.1 Å². The molecule has 0 aromatic heterocycles. The average molecular weight is 281 g/mol. The third-order valence-corrected chi connectivity index (χ3v) is 5.18. The molecular weight excluding hydrogens is 250 g/mol. The van der Waals surface area contributed by atoms with Crippen LogP contribution in [-0.2, 0) is 4.79 Å². The first-order chi connectivity index (χ1) is 9.64. The summed E-state index contributed by atoms with van der Waals surface area (Å²) in [6.07, 6.45) is 8.04. The van der Waals surface area contributed by atoms with E-state index in [0.717, 1.165) is 57.8 Å². The Labute approximate surface area is 123 Å². The van der Waals surface area contributed by atoms with E-state index in [1.807, 2.05) is 0 Å². The quantitative estimate of drug-likeness (QED) is 0.678. The molecule has 0 bridgehead atoms. The highest BCUT2D eigenvalue weighted by molar-refractivity contribution is 5.85. The van der Waals surface area contributed by atoms with Gasteiger partial charge in [-0.2, -0.15) is 0 Å². The molecule has 0 aromatic carbocycles. The van der Waals surface area contributed by atoms with Crippen molar-refractivity contribution >= 4 is 5.91 Å². The van der Waals surface area contributed by atoms with Gasteiger partial charge in [0.1, 0.15) is 5.54 Å². The van der Waals surface area contributed by atoms with Crippen LogP contribution in [0.3, 0.4) is 0 Å². The standard InChI is InChI=1S/C16H31N3O/c1-3-11-18-16(15(17)20)10-5-6-13(16)9-12-19(4-2)14-7-8-14/h13-14,18H,3-12H2,1-2H3,(H2,17,20). The van der Waals surface area contributed by atoms with Gasteiger partial charge in [0.2, 0.25) is 5.91 Å². The molecule has 2 atom stereocenters. The number of hydrogen-bond acceptors (Lipinski definition) is 3. The summed E-state index contributed by atoms with van der Waals surface area (Å²) in [5, 5.41) is 3.49. The van der Waals surface area contributed by atoms with Gasteiger partial charge in [-0.3, -0.25) is 4.79 Å². The second-order valence-corrected chi connectivity index (χ2v) is 6.50. The number of rotatable bonds is 9. The number of amides is 1. The number of carbonyl (C=O) groups excluding carboxylic acids is 1. The summed E-state index contributed by atoms with van der Waals surface area (Å²) in [7, 11) is 0. The second-order valence-electron chi connectivity index (χ2n) is 6.50. The minimum atomic E-state index is -0.432. The lowest BCUT2D eigenvalue weighted by molar-refractivity contribution is -0.126. The summed E-state index contributed by atoms with van der Waals surface area (Å²) in [6.45, 7) is 7.51. The molecule has 2 aliphatic rings. The lowest BCUT2D eigenvalue weighted by Crippen LogP contribution is -2.58. The van der Waals surface area contributed by atoms with E-state index in [4.69, 9.17) is 5.73 Å². The lowest BCUT2D eigenvalue weighted by atomic mass is 9.83. The largest absolute Gasteiger partial charge is 0.368 e. The predicted octanol–water partition coefficient (Wildman–Crippen LogP) is 1.88. The van der Waals surface area contributed by atoms with Crippen LogP contribution in [0.15, 0.2) is 0 Å². The summed E-state index contributed by atoms with van der Waals surface area (Å²) in [5.74, 6) is 0.280. The first-order valence-electron chi connectivity index (χ1n) is 8.43. The van der Waals surface area contributed by atoms with E-state index in [-0.39, 0.29) is 5.91 Å². The molecule has 3 N–H and O–H groups in total. The van der Waals surface area contributed by atoms with Crippen molar-refractivity contribution in [3.63, 3.8) is 0 Å². The maximum Gasteiger partial charge on any atom is 0.238 e. The van der Waals surface area contributed by atoms with Gasteiger partial charge in [0, 0.05) is 6.04 Å². The van der Waals surface area contributed by atoms with Crippen LogP contribution in [0.5, 0.6) is 0 Å². The monoisotopic (exact) mass is 281 g/mol. The highest BCUT2D eigenvalue weighted by atomic mass is 16.1. The number of nitrogens with two attached hydrogens (primary N) is 1. The Hall–Kier alpha value is -0.610. The van der Waals surface area contributed by atoms with Crippen molar-refractivity contribution in [2.24, 2.45) is 11.7 Å². The van der Waals surface area contributed by atoms with Gasteiger partial charge in [-0.1, -0.05) is 20.3 Å². The molecular formula is C16H31N3O. The topological polar surface area (TPSA) is 58.4 Å². The Morgan fingerprint density at radius 3 is 2.65 bits per heavy atom. The smallest absolute Gasteiger partial charge is 0.238 e. The van der Waals surface area contributed by atoms with Gasteiger partial charge in [0.25, 0.3) is 0 Å². The summed E-state index contributed by atoms with van der Waals surface area (Å²) in [6, 6.07) is 0.813. The zero-order valence-corrected chi connectivity index (χ0v) is 13.2. The molecule has 0 saturated heterocycles. The zero-order chi connectivity index (χ0) is 14.6. The van der Waals surface area contributed by atoms with Crippen molar-refractivity contribution in [1.82, 2.24) is 10.2 Å². The van der Waals surface area contributed by atoms with E-state index in [1.165, 1.54) is 12.8 Å². The van der Waals surface area contributed by atoms with Crippen LogP contribution in [0.25, 0.3) is 0 Å². The van der Waals surface area contributed by atoms with E-state index < -0.39 is 5.54 Å². The van der Waals surface area contributed by atoms with Crippen LogP contribution in [0, 0.1) is 5.92 Å². The first-order valence-corrected chi connectivity index (χ1v) is 8.43. The SMILES string of the molecule is CCCNC1(C(N)=O)CCCC1CCN(CC)C1CC1. The van der Waals surface area contributed by atoms with Gasteiger partial charge in [-0.05, 0) is 64.1 Å². The van der Waals surface area contributed by atoms with Crippen LogP contribution in [0.4, 0.5) is 0 Å². The second kappa shape index (κ2) is 6.90. The number of carbonyl (C=O) groups is 1. The summed E-state index contributed by atoms with van der Waals surface area (Å²) >= 11 is 0. The van der Waals surface area contributed by atoms with Crippen molar-refractivity contribution in [3.8, 4) is 0 Å². The fourth-order valence-corrected chi connectivity index (χ4v) is 3.82. The van der Waals surface area contributed by atoms with Crippen molar-refractivity contribution in [2.75, 3.05) is 19.6 Å². The van der Waals surface area contributed by atoms with Gasteiger partial charge in [-0.15, -0.1) is 0 Å². The van der Waals surface area contributed by atoms with Gasteiger partial charge < -0.3 is 16.0 Å². The van der Waals surface area contributed by atoms with Crippen LogP contribution in [-0.4, -0.2) is 42.0 Å². The molecule has 2 rings (SSSR count). The summed E-state index contributed by atoms with van der Waals surface area (Å²) in [5.41, 5.74) is 5.33. The number of hydrogen-bond donors (Lipinski definition) is 2. The Balaban J connectivity index is 1.94. The highest BCUT2D eigenvalue weighted by Crippen LogP contribution is 2.38. The van der Waals surface area contributed by atoms with E-state index in [0.29, 0.717) is 5.92 Å². The highest BCUT2D eigenvalue weighted by Gasteiger charge is 2.47. The molecule has 116 valence electrons. The van der Waals surface area contributed by atoms with Crippen molar-refractivity contribution < 1.29 is 4.79 Å². The molecule has 4 heteroatoms. The molecule has 2 unspecified atom stereocenters. The molecule has 2 fully saturated rings. The fraction of sp³-hybridized carbons (Fsp3) is 0.938. The molecule has 1 amide bonds. The molecule has 2 saturated carbocycles. The zero-order valence-electron chi connectivity index (χ0n) is 13.2. The number of primary amides is 1. The Morgan fingerprint density at radius 1 is 1.35 bits per heavy atom. The van der Waals surface area contributed by atoms with Crippen LogP contribution >= 0.6 is 0 Å². The van der Waals surface area contributed by atoms with Gasteiger partial charge >= 0.3 is 0 Å². The van der Waals surface area contributed by atoms with E-state index in [9.17, 15) is 4.79 Å². The van der Waals surface area contributed by atoms with E-state index in [2.05, 4.69) is 24.1 Å². The summed E-state index contributed by atoms with van der Waals surface area (Å²) < 4.78 is 0. The maximum atomic E-state index is 12.0. The van der Waals surface area contributed by atoms with Gasteiger partial charge in [-0.25, -0.2) is 0 Å². The molecule has 0 heterocycles. The molecule has 0 radical (unpaired) electrons. The Bertz CT molecular complexity index is 330. The molecule has 2 aliphatic carbocycles. The van der Waals surface area contributed by atoms with E-state index in [1.54, 1.807) is 0 Å². The molecule has 0 aliphatic heterocycles. The van der Waals surface area contributed by atoms with Crippen molar-refractivity contribution in [1.29, 1.82) is 0 Å². The van der Waals surface area contributed by atoms with Crippen molar-refractivity contribution in [3.05, 3.63) is 0 Å². The fourth-order valence-electron chi connectivity index (χ4n) is 3.82. The predicted molar refractivity (Wildman–Crippen MR) is 82.4 cm³/mol. The average Bonchev–Trinajstić information content (AvgIpc) is 3.18. The first kappa shape index (κ1) is 15.8. The van der Waals surface area contributed by atoms with Gasteiger partial charge in [0.15, 0.2) is 0 Å². The Morgan fingerprint density at radius 2 is 2.10 bits per heavy atom. The molecule has 4 nitrogen and oxygen atoms in total. The third kappa shape index (κ3) is 3.34. The van der Waals surface area contributed by atoms with Gasteiger partial charge in [0.05, 0.1) is 0 Å². The van der Waals surface area contributed by atoms with Crippen LogP contribution in [0.1, 0.15) is 58.8 Å². The Kier molecular flexibility index (Phi) is 5.44. The minimum absolute atomic E-state index is 0.136. The van der Waals surface area contributed by atoms with E-state index >= 15 is 0 Å². The van der Waals surface area contributed by atoms with Crippen molar-refractivity contribution in [2.45, 2.75) is 70.4 Å². The van der Waals surface area contributed by atoms with Crippen LogP contribution in [0.2, 0.25) is 0 Å². The minimum Gasteiger partial charge on any atom is -0.368 e. The molecule has 20 heavy (non-hydrogen) atoms. The summed E-state index contributed by atoms with van der Waals surface area (Å²) in [4.78, 5) is 14.6. The number of nitrogens with zero attached hydrogens (tertiary/aromatic N) is 1. The maximum absolute atomic E-state index is 12.0. The normalized spacial score (nSPS) is 30.1.